The van der Waals surface area contributed by atoms with Gasteiger partial charge in [-0.25, -0.2) is 0 Å². The minimum Gasteiger partial charge on any atom is -0.352 e. The van der Waals surface area contributed by atoms with Gasteiger partial charge < -0.3 is 14.8 Å². The van der Waals surface area contributed by atoms with Crippen molar-refractivity contribution in [1.82, 2.24) is 5.32 Å². The predicted octanol–water partition coefficient (Wildman–Crippen LogP) is 3.66. The van der Waals surface area contributed by atoms with Crippen molar-refractivity contribution >= 4 is 17.2 Å². The van der Waals surface area contributed by atoms with Gasteiger partial charge in [0, 0.05) is 17.8 Å². The molecule has 1 saturated heterocycles. The van der Waals surface area contributed by atoms with Crippen molar-refractivity contribution in [3.05, 3.63) is 46.8 Å². The third-order valence-corrected chi connectivity index (χ3v) is 5.27. The number of hydrogen-bond donors (Lipinski definition) is 1. The number of nitrogens with one attached hydrogen (secondary N) is 1. The Hall–Kier alpha value is -1.69. The van der Waals surface area contributed by atoms with Crippen molar-refractivity contribution < 1.29 is 14.3 Å². The number of rotatable bonds is 5. The van der Waals surface area contributed by atoms with Gasteiger partial charge in [0.15, 0.2) is 0 Å². The van der Waals surface area contributed by atoms with Crippen molar-refractivity contribution in [2.75, 3.05) is 13.2 Å². The van der Waals surface area contributed by atoms with E-state index in [0.717, 1.165) is 20.9 Å². The van der Waals surface area contributed by atoms with Crippen LogP contribution in [0, 0.1) is 0 Å². The topological polar surface area (TPSA) is 47.6 Å². The number of ether oxygens (including phenoxy) is 2. The molecule has 1 aromatic heterocycles. The maximum Gasteiger partial charge on any atom is 0.219 e. The van der Waals surface area contributed by atoms with Crippen LogP contribution in [-0.4, -0.2) is 19.1 Å². The van der Waals surface area contributed by atoms with Gasteiger partial charge in [0.2, 0.25) is 11.7 Å². The van der Waals surface area contributed by atoms with Crippen LogP contribution >= 0.6 is 11.3 Å². The van der Waals surface area contributed by atoms with Gasteiger partial charge in [-0.05, 0) is 30.2 Å². The summed E-state index contributed by atoms with van der Waals surface area (Å²) in [4.78, 5) is 13.7. The monoisotopic (exact) mass is 331 g/mol. The summed E-state index contributed by atoms with van der Waals surface area (Å²) in [7, 11) is 0. The van der Waals surface area contributed by atoms with E-state index >= 15 is 0 Å². The van der Waals surface area contributed by atoms with Crippen LogP contribution in [0.25, 0.3) is 10.4 Å². The van der Waals surface area contributed by atoms with Gasteiger partial charge in [0.25, 0.3) is 0 Å². The highest BCUT2D eigenvalue weighted by Crippen LogP contribution is 2.39. The Balaban J connectivity index is 1.84. The number of hydrogen-bond acceptors (Lipinski definition) is 4. The van der Waals surface area contributed by atoms with E-state index in [0.29, 0.717) is 26.2 Å². The van der Waals surface area contributed by atoms with E-state index in [1.165, 1.54) is 0 Å². The fourth-order valence-electron chi connectivity index (χ4n) is 2.62. The largest absolute Gasteiger partial charge is 0.352 e. The van der Waals surface area contributed by atoms with E-state index in [4.69, 9.17) is 9.47 Å². The third kappa shape index (κ3) is 3.47. The molecule has 2 heterocycles. The van der Waals surface area contributed by atoms with Crippen LogP contribution in [0.5, 0.6) is 0 Å². The Bertz CT molecular complexity index is 689. The minimum atomic E-state index is -0.631. The zero-order valence-corrected chi connectivity index (χ0v) is 14.2. The predicted molar refractivity (Wildman–Crippen MR) is 91.1 cm³/mol. The summed E-state index contributed by atoms with van der Waals surface area (Å²) in [5, 5.41) is 2.94. The molecule has 0 saturated carbocycles. The lowest BCUT2D eigenvalue weighted by molar-refractivity contribution is -0.146. The fourth-order valence-corrected chi connectivity index (χ4v) is 3.74. The molecule has 1 amide bonds. The summed E-state index contributed by atoms with van der Waals surface area (Å²) in [6, 6.07) is 12.3. The zero-order chi connectivity index (χ0) is 16.3. The molecule has 1 aromatic carbocycles. The molecule has 0 radical (unpaired) electrons. The minimum absolute atomic E-state index is 0.0620. The first-order valence-electron chi connectivity index (χ1n) is 7.85. The highest BCUT2D eigenvalue weighted by Gasteiger charge is 2.34. The van der Waals surface area contributed by atoms with Crippen LogP contribution < -0.4 is 5.32 Å². The lowest BCUT2D eigenvalue weighted by Gasteiger charge is -2.20. The van der Waals surface area contributed by atoms with Crippen molar-refractivity contribution in [3.8, 4) is 10.4 Å². The molecule has 23 heavy (non-hydrogen) atoms. The van der Waals surface area contributed by atoms with Crippen molar-refractivity contribution in [2.24, 2.45) is 0 Å². The Morgan fingerprint density at radius 1 is 1.22 bits per heavy atom. The molecule has 1 aliphatic rings. The van der Waals surface area contributed by atoms with Crippen molar-refractivity contribution in [1.29, 1.82) is 0 Å². The van der Waals surface area contributed by atoms with E-state index in [-0.39, 0.29) is 5.91 Å². The highest BCUT2D eigenvalue weighted by atomic mass is 32.1. The van der Waals surface area contributed by atoms with E-state index in [9.17, 15) is 4.79 Å². The Labute approximate surface area is 140 Å². The SMILES string of the molecule is CCC(=O)NCc1ccccc1-c1ccc(C2(C)OCCO2)s1. The lowest BCUT2D eigenvalue weighted by Crippen LogP contribution is -2.21. The van der Waals surface area contributed by atoms with E-state index in [1.807, 2.05) is 26.0 Å². The van der Waals surface area contributed by atoms with Gasteiger partial charge in [-0.3, -0.25) is 4.79 Å². The van der Waals surface area contributed by atoms with Crippen LogP contribution in [0.4, 0.5) is 0 Å². The van der Waals surface area contributed by atoms with Gasteiger partial charge in [-0.15, -0.1) is 11.3 Å². The van der Waals surface area contributed by atoms with Crippen LogP contribution in [0.3, 0.4) is 0 Å². The molecule has 0 spiro atoms. The molecule has 5 heteroatoms. The normalized spacial score (nSPS) is 16.4. The summed E-state index contributed by atoms with van der Waals surface area (Å²) < 4.78 is 11.5. The van der Waals surface area contributed by atoms with Crippen LogP contribution in [0.2, 0.25) is 0 Å². The second-order valence-corrected chi connectivity index (χ2v) is 6.68. The Kier molecular flexibility index (Phi) is 4.80. The molecule has 3 rings (SSSR count). The maximum atomic E-state index is 11.5. The fraction of sp³-hybridized carbons (Fsp3) is 0.389. The number of amides is 1. The molecule has 122 valence electrons. The average Bonchev–Trinajstić information content (AvgIpc) is 3.23. The van der Waals surface area contributed by atoms with Crippen LogP contribution in [0.1, 0.15) is 30.7 Å². The Morgan fingerprint density at radius 3 is 2.70 bits per heavy atom. The molecule has 0 bridgehead atoms. The molecular formula is C18H21NO3S. The van der Waals surface area contributed by atoms with E-state index < -0.39 is 5.79 Å². The van der Waals surface area contributed by atoms with Gasteiger partial charge in [-0.2, -0.15) is 0 Å². The third-order valence-electron chi connectivity index (χ3n) is 3.97. The molecule has 1 N–H and O–H groups in total. The summed E-state index contributed by atoms with van der Waals surface area (Å²) in [5.41, 5.74) is 2.25. The first kappa shape index (κ1) is 16.2. The zero-order valence-electron chi connectivity index (χ0n) is 13.4. The number of thiophene rings is 1. The second kappa shape index (κ2) is 6.83. The molecule has 1 aliphatic heterocycles. The second-order valence-electron chi connectivity index (χ2n) is 5.59. The summed E-state index contributed by atoms with van der Waals surface area (Å²) in [6.07, 6.45) is 0.498. The standard InChI is InChI=1S/C18H21NO3S/c1-3-17(20)19-12-13-6-4-5-7-14(13)15-8-9-16(23-15)18(2)21-10-11-22-18/h4-9H,3,10-12H2,1-2H3,(H,19,20). The summed E-state index contributed by atoms with van der Waals surface area (Å²) in [6.45, 7) is 5.62. The van der Waals surface area contributed by atoms with Gasteiger partial charge in [-0.1, -0.05) is 31.2 Å². The first-order chi connectivity index (χ1) is 11.1. The molecule has 0 aliphatic carbocycles. The molecule has 4 nitrogen and oxygen atoms in total. The van der Waals surface area contributed by atoms with Crippen molar-refractivity contribution in [2.45, 2.75) is 32.6 Å². The van der Waals surface area contributed by atoms with Gasteiger partial charge in [0.05, 0.1) is 18.1 Å². The van der Waals surface area contributed by atoms with E-state index in [1.54, 1.807) is 11.3 Å². The molecule has 0 unspecified atom stereocenters. The summed E-state index contributed by atoms with van der Waals surface area (Å²) >= 11 is 1.67. The summed E-state index contributed by atoms with van der Waals surface area (Å²) in [5.74, 6) is -0.569. The first-order valence-corrected chi connectivity index (χ1v) is 8.67. The number of carbonyl (C=O) groups is 1. The van der Waals surface area contributed by atoms with Gasteiger partial charge in [0.1, 0.15) is 0 Å². The Morgan fingerprint density at radius 2 is 1.96 bits per heavy atom. The molecular weight excluding hydrogens is 310 g/mol. The van der Waals surface area contributed by atoms with Crippen LogP contribution in [-0.2, 0) is 26.6 Å². The number of carbonyl (C=O) groups excluding carboxylic acids is 1. The quantitative estimate of drug-likeness (QED) is 0.909. The van der Waals surface area contributed by atoms with Gasteiger partial charge >= 0.3 is 0 Å². The lowest BCUT2D eigenvalue weighted by atomic mass is 10.1. The number of benzene rings is 1. The smallest absolute Gasteiger partial charge is 0.219 e. The molecule has 2 aromatic rings. The van der Waals surface area contributed by atoms with E-state index in [2.05, 4.69) is 29.6 Å². The molecule has 1 fully saturated rings. The average molecular weight is 331 g/mol. The van der Waals surface area contributed by atoms with Crippen LogP contribution in [0.15, 0.2) is 36.4 Å². The van der Waals surface area contributed by atoms with Crippen molar-refractivity contribution in [3.63, 3.8) is 0 Å². The maximum absolute atomic E-state index is 11.5. The highest BCUT2D eigenvalue weighted by molar-refractivity contribution is 7.15. The molecule has 0 atom stereocenters.